The Hall–Kier alpha value is -6.48. The quantitative estimate of drug-likeness (QED) is 0.185. The summed E-state index contributed by atoms with van der Waals surface area (Å²) in [4.78, 5) is 26.3. The smallest absolute Gasteiger partial charge is 0.234 e. The molecule has 0 N–H and O–H groups in total. The Labute approximate surface area is 257 Å². The summed E-state index contributed by atoms with van der Waals surface area (Å²) >= 11 is 0. The molecule has 4 aromatic heterocycles. The molecule has 214 valence electrons. The molecule has 0 unspecified atom stereocenters. The van der Waals surface area contributed by atoms with Crippen molar-refractivity contribution in [3.8, 4) is 51.5 Å². The number of hydrogen-bond donors (Lipinski definition) is 0. The van der Waals surface area contributed by atoms with E-state index in [-0.39, 0.29) is 0 Å². The Bertz CT molecular complexity index is 2130. The van der Waals surface area contributed by atoms with Crippen molar-refractivity contribution in [3.63, 3.8) is 0 Å². The molecule has 9 nitrogen and oxygen atoms in total. The van der Waals surface area contributed by atoms with E-state index in [1.54, 1.807) is 55.6 Å². The van der Waals surface area contributed by atoms with E-state index in [1.807, 2.05) is 77.4 Å². The van der Waals surface area contributed by atoms with Crippen molar-refractivity contribution in [2.75, 3.05) is 0 Å². The highest BCUT2D eigenvalue weighted by Gasteiger charge is 2.16. The van der Waals surface area contributed by atoms with Crippen molar-refractivity contribution in [3.05, 3.63) is 141 Å². The minimum Gasteiger partial charge on any atom is -0.457 e. The van der Waals surface area contributed by atoms with Gasteiger partial charge in [0, 0.05) is 71.2 Å². The Morgan fingerprint density at radius 3 is 1.44 bits per heavy atom. The lowest BCUT2D eigenvalue weighted by molar-refractivity contribution is 0.483. The van der Waals surface area contributed by atoms with Gasteiger partial charge in [-0.3, -0.25) is 24.5 Å². The van der Waals surface area contributed by atoms with Gasteiger partial charge in [-0.1, -0.05) is 24.3 Å². The number of rotatable bonds is 7. The van der Waals surface area contributed by atoms with Gasteiger partial charge in [-0.05, 0) is 54.6 Å². The Kier molecular flexibility index (Phi) is 6.58. The van der Waals surface area contributed by atoms with Gasteiger partial charge in [0.05, 0.1) is 34.8 Å². The highest BCUT2D eigenvalue weighted by Crippen LogP contribution is 2.37. The zero-order chi connectivity index (χ0) is 30.0. The molecule has 0 saturated carbocycles. The molecule has 45 heavy (non-hydrogen) atoms. The van der Waals surface area contributed by atoms with E-state index in [2.05, 4.69) is 42.0 Å². The third kappa shape index (κ3) is 5.19. The van der Waals surface area contributed by atoms with Gasteiger partial charge >= 0.3 is 0 Å². The standard InChI is InChI=1S/C36H23N7O2/c1-4-24(32-22-37-14-16-39-32)18-26(6-1)44-28-8-10-30-31-11-9-29(21-35(31)43(34(30)20-28)36-41-12-3-13-42-36)45-27-7-2-5-25(19-27)33-23-38-15-17-40-33/h1-23H. The first-order chi connectivity index (χ1) is 22.3. The lowest BCUT2D eigenvalue weighted by Crippen LogP contribution is -2.00. The molecule has 0 amide bonds. The summed E-state index contributed by atoms with van der Waals surface area (Å²) in [7, 11) is 0. The second-order valence-electron chi connectivity index (χ2n) is 10.2. The predicted octanol–water partition coefficient (Wildman–Crippen LogP) is 8.07. The van der Waals surface area contributed by atoms with Gasteiger partial charge in [-0.2, -0.15) is 0 Å². The summed E-state index contributed by atoms with van der Waals surface area (Å²) in [6.45, 7) is 0. The first-order valence-corrected chi connectivity index (χ1v) is 14.2. The van der Waals surface area contributed by atoms with Crippen LogP contribution in [0.2, 0.25) is 0 Å². The Morgan fingerprint density at radius 1 is 0.444 bits per heavy atom. The van der Waals surface area contributed by atoms with Gasteiger partial charge in [0.2, 0.25) is 5.95 Å². The van der Waals surface area contributed by atoms with Crippen LogP contribution >= 0.6 is 0 Å². The molecule has 4 heterocycles. The number of aromatic nitrogens is 7. The zero-order valence-electron chi connectivity index (χ0n) is 23.7. The predicted molar refractivity (Wildman–Crippen MR) is 171 cm³/mol. The number of benzene rings is 4. The molecule has 8 aromatic rings. The number of ether oxygens (including phenoxy) is 2. The van der Waals surface area contributed by atoms with Crippen LogP contribution in [-0.4, -0.2) is 34.5 Å². The number of fused-ring (bicyclic) bond motifs is 3. The van der Waals surface area contributed by atoms with Crippen molar-refractivity contribution >= 4 is 21.8 Å². The van der Waals surface area contributed by atoms with Gasteiger partial charge < -0.3 is 9.47 Å². The van der Waals surface area contributed by atoms with Crippen LogP contribution < -0.4 is 9.47 Å². The third-order valence-corrected chi connectivity index (χ3v) is 7.32. The molecule has 0 spiro atoms. The fourth-order valence-corrected chi connectivity index (χ4v) is 5.33. The second-order valence-corrected chi connectivity index (χ2v) is 10.2. The van der Waals surface area contributed by atoms with E-state index < -0.39 is 0 Å². The molecule has 8 rings (SSSR count). The SMILES string of the molecule is c1cnc(-n2c3cc(Oc4cccc(-c5cnccn5)c4)ccc3c3ccc(Oc4cccc(-c5cnccn5)c4)cc32)nc1. The second kappa shape index (κ2) is 11.3. The van der Waals surface area contributed by atoms with E-state index in [1.165, 1.54) is 0 Å². The van der Waals surface area contributed by atoms with E-state index in [4.69, 9.17) is 9.47 Å². The van der Waals surface area contributed by atoms with Gasteiger partial charge in [-0.25, -0.2) is 9.97 Å². The maximum Gasteiger partial charge on any atom is 0.234 e. The molecule has 9 heteroatoms. The van der Waals surface area contributed by atoms with Crippen LogP contribution in [0.5, 0.6) is 23.0 Å². The first-order valence-electron chi connectivity index (χ1n) is 14.2. The number of hydrogen-bond acceptors (Lipinski definition) is 8. The maximum absolute atomic E-state index is 6.35. The van der Waals surface area contributed by atoms with Gasteiger partial charge in [-0.15, -0.1) is 0 Å². The molecular weight excluding hydrogens is 562 g/mol. The summed E-state index contributed by atoms with van der Waals surface area (Å²) in [5, 5.41) is 2.07. The van der Waals surface area contributed by atoms with Crippen molar-refractivity contribution in [2.45, 2.75) is 0 Å². The zero-order valence-corrected chi connectivity index (χ0v) is 23.7. The van der Waals surface area contributed by atoms with E-state index in [9.17, 15) is 0 Å². The average Bonchev–Trinajstić information content (AvgIpc) is 3.42. The van der Waals surface area contributed by atoms with E-state index >= 15 is 0 Å². The van der Waals surface area contributed by atoms with Crippen molar-refractivity contribution in [2.24, 2.45) is 0 Å². The highest BCUT2D eigenvalue weighted by atomic mass is 16.5. The summed E-state index contributed by atoms with van der Waals surface area (Å²) in [6, 6.07) is 29.5. The molecule has 0 atom stereocenters. The molecule has 0 aliphatic rings. The fraction of sp³-hybridized carbons (Fsp3) is 0. The molecule has 0 saturated heterocycles. The normalized spacial score (nSPS) is 11.1. The molecule has 0 fully saturated rings. The first kappa shape index (κ1) is 26.2. The van der Waals surface area contributed by atoms with Crippen LogP contribution in [0.1, 0.15) is 0 Å². The third-order valence-electron chi connectivity index (χ3n) is 7.32. The van der Waals surface area contributed by atoms with Crippen LogP contribution in [0, 0.1) is 0 Å². The lowest BCUT2D eigenvalue weighted by Gasteiger charge is -2.10. The number of nitrogens with zero attached hydrogens (tertiary/aromatic N) is 7. The highest BCUT2D eigenvalue weighted by molar-refractivity contribution is 6.09. The summed E-state index contributed by atoms with van der Waals surface area (Å²) < 4.78 is 14.7. The molecule has 0 aliphatic heterocycles. The summed E-state index contributed by atoms with van der Waals surface area (Å²) in [5.74, 6) is 3.28. The van der Waals surface area contributed by atoms with Gasteiger partial charge in [0.25, 0.3) is 0 Å². The van der Waals surface area contributed by atoms with Crippen LogP contribution in [0.25, 0.3) is 50.3 Å². The Balaban J connectivity index is 1.19. The van der Waals surface area contributed by atoms with Crippen LogP contribution in [0.4, 0.5) is 0 Å². The van der Waals surface area contributed by atoms with Crippen LogP contribution in [-0.2, 0) is 0 Å². The van der Waals surface area contributed by atoms with E-state index in [0.717, 1.165) is 44.3 Å². The molecule has 0 aliphatic carbocycles. The van der Waals surface area contributed by atoms with Crippen LogP contribution in [0.15, 0.2) is 141 Å². The largest absolute Gasteiger partial charge is 0.457 e. The molecule has 0 bridgehead atoms. The van der Waals surface area contributed by atoms with Gasteiger partial charge in [0.1, 0.15) is 23.0 Å². The summed E-state index contributed by atoms with van der Waals surface area (Å²) in [5.41, 5.74) is 5.20. The Morgan fingerprint density at radius 2 is 0.956 bits per heavy atom. The van der Waals surface area contributed by atoms with E-state index in [0.29, 0.717) is 28.9 Å². The van der Waals surface area contributed by atoms with Gasteiger partial charge in [0.15, 0.2) is 0 Å². The van der Waals surface area contributed by atoms with Crippen molar-refractivity contribution in [1.82, 2.24) is 34.5 Å². The molecule has 4 aromatic carbocycles. The maximum atomic E-state index is 6.35. The topological polar surface area (TPSA) is 101 Å². The summed E-state index contributed by atoms with van der Waals surface area (Å²) in [6.07, 6.45) is 13.6. The average molecular weight is 586 g/mol. The van der Waals surface area contributed by atoms with Crippen molar-refractivity contribution in [1.29, 1.82) is 0 Å². The minimum absolute atomic E-state index is 0.543. The van der Waals surface area contributed by atoms with Crippen LogP contribution in [0.3, 0.4) is 0 Å². The monoisotopic (exact) mass is 585 g/mol. The molecular formula is C36H23N7O2. The molecule has 0 radical (unpaired) electrons. The lowest BCUT2D eigenvalue weighted by atomic mass is 10.1. The fourth-order valence-electron chi connectivity index (χ4n) is 5.33. The van der Waals surface area contributed by atoms with Crippen molar-refractivity contribution < 1.29 is 9.47 Å². The minimum atomic E-state index is 0.543.